The lowest BCUT2D eigenvalue weighted by Crippen LogP contribution is -2.36. The number of hydrogen-bond donors (Lipinski definition) is 2. The molecule has 1 saturated carbocycles. The van der Waals surface area contributed by atoms with Crippen molar-refractivity contribution in [2.24, 2.45) is 11.8 Å². The Bertz CT molecular complexity index is 788. The molecule has 7 heteroatoms. The first-order valence-electron chi connectivity index (χ1n) is 8.22. The van der Waals surface area contributed by atoms with Crippen LogP contribution in [0.4, 0.5) is 5.13 Å². The fourth-order valence-electron chi connectivity index (χ4n) is 3.26. The second-order valence-electron chi connectivity index (χ2n) is 6.26. The number of halogens is 1. The van der Waals surface area contributed by atoms with Gasteiger partial charge in [-0.05, 0) is 31.9 Å². The molecule has 0 saturated heterocycles. The van der Waals surface area contributed by atoms with Crippen LogP contribution < -0.4 is 5.32 Å². The van der Waals surface area contributed by atoms with Gasteiger partial charge < -0.3 is 10.4 Å². The smallest absolute Gasteiger partial charge is 0.307 e. The van der Waals surface area contributed by atoms with Gasteiger partial charge >= 0.3 is 5.97 Å². The number of aromatic nitrogens is 1. The number of amides is 1. The van der Waals surface area contributed by atoms with Gasteiger partial charge in [0.05, 0.1) is 17.5 Å². The van der Waals surface area contributed by atoms with Gasteiger partial charge in [0, 0.05) is 15.5 Å². The second kappa shape index (κ2) is 7.54. The summed E-state index contributed by atoms with van der Waals surface area (Å²) in [6, 6.07) is 7.37. The summed E-state index contributed by atoms with van der Waals surface area (Å²) in [5, 5.41) is 13.3. The van der Waals surface area contributed by atoms with E-state index in [1.165, 1.54) is 11.3 Å². The van der Waals surface area contributed by atoms with Gasteiger partial charge in [-0.1, -0.05) is 36.6 Å². The average molecular weight is 379 g/mol. The van der Waals surface area contributed by atoms with Crippen molar-refractivity contribution < 1.29 is 14.7 Å². The number of aryl methyl sites for hydroxylation is 1. The number of carbonyl (C=O) groups excluding carboxylic acids is 1. The van der Waals surface area contributed by atoms with Crippen LogP contribution in [-0.2, 0) is 9.59 Å². The molecule has 1 aliphatic carbocycles. The van der Waals surface area contributed by atoms with Gasteiger partial charge in [0.1, 0.15) is 0 Å². The zero-order chi connectivity index (χ0) is 18.0. The van der Waals surface area contributed by atoms with Gasteiger partial charge in [-0.25, -0.2) is 4.98 Å². The number of rotatable bonds is 4. The van der Waals surface area contributed by atoms with Crippen LogP contribution in [0.15, 0.2) is 24.3 Å². The minimum absolute atomic E-state index is 0.247. The lowest BCUT2D eigenvalue weighted by molar-refractivity contribution is -0.147. The van der Waals surface area contributed by atoms with Crippen LogP contribution in [-0.4, -0.2) is 22.0 Å². The van der Waals surface area contributed by atoms with E-state index < -0.39 is 17.8 Å². The molecule has 1 heterocycles. The molecule has 2 N–H and O–H groups in total. The van der Waals surface area contributed by atoms with Crippen LogP contribution in [0.5, 0.6) is 0 Å². The van der Waals surface area contributed by atoms with E-state index in [1.807, 2.05) is 19.1 Å². The summed E-state index contributed by atoms with van der Waals surface area (Å²) in [7, 11) is 0. The molecule has 132 valence electrons. The highest BCUT2D eigenvalue weighted by Crippen LogP contribution is 2.34. The number of carboxylic acids is 1. The first kappa shape index (κ1) is 17.9. The minimum atomic E-state index is -0.892. The van der Waals surface area contributed by atoms with E-state index in [9.17, 15) is 14.7 Å². The van der Waals surface area contributed by atoms with Crippen molar-refractivity contribution in [2.75, 3.05) is 5.32 Å². The largest absolute Gasteiger partial charge is 0.481 e. The molecular formula is C18H19ClN2O3S. The Morgan fingerprint density at radius 1 is 1.20 bits per heavy atom. The van der Waals surface area contributed by atoms with Crippen molar-refractivity contribution in [2.45, 2.75) is 32.6 Å². The standard InChI is InChI=1S/C18H19ClN2O3S/c1-10-15(11-6-8-12(19)9-7-11)20-18(25-10)21-16(22)13-4-2-3-5-14(13)17(23)24/h6-9,13-14H,2-5H2,1H3,(H,23,24)(H,20,21,22)/t13-,14+/m1/s1. The van der Waals surface area contributed by atoms with E-state index in [0.717, 1.165) is 29.0 Å². The third-order valence-electron chi connectivity index (χ3n) is 4.56. The Morgan fingerprint density at radius 3 is 2.48 bits per heavy atom. The molecule has 2 atom stereocenters. The minimum Gasteiger partial charge on any atom is -0.481 e. The molecular weight excluding hydrogens is 360 g/mol. The maximum atomic E-state index is 12.6. The highest BCUT2D eigenvalue weighted by Gasteiger charge is 2.36. The van der Waals surface area contributed by atoms with Gasteiger partial charge in [-0.3, -0.25) is 9.59 Å². The molecule has 1 fully saturated rings. The maximum absolute atomic E-state index is 12.6. The molecule has 1 aliphatic rings. The van der Waals surface area contributed by atoms with Crippen molar-refractivity contribution in [3.05, 3.63) is 34.2 Å². The van der Waals surface area contributed by atoms with Gasteiger partial charge in [-0.2, -0.15) is 0 Å². The van der Waals surface area contributed by atoms with Crippen LogP contribution in [0.2, 0.25) is 5.02 Å². The number of aliphatic carboxylic acids is 1. The number of nitrogens with one attached hydrogen (secondary N) is 1. The number of nitrogens with zero attached hydrogens (tertiary/aromatic N) is 1. The van der Waals surface area contributed by atoms with E-state index in [2.05, 4.69) is 10.3 Å². The summed E-state index contributed by atoms with van der Waals surface area (Å²) in [6.07, 6.45) is 2.91. The summed E-state index contributed by atoms with van der Waals surface area (Å²) < 4.78 is 0. The molecule has 3 rings (SSSR count). The Balaban J connectivity index is 1.77. The zero-order valence-electron chi connectivity index (χ0n) is 13.8. The molecule has 0 bridgehead atoms. The molecule has 1 aromatic carbocycles. The number of carboxylic acid groups (broad SMARTS) is 1. The van der Waals surface area contributed by atoms with Crippen LogP contribution in [0.3, 0.4) is 0 Å². The van der Waals surface area contributed by atoms with E-state index in [1.54, 1.807) is 12.1 Å². The van der Waals surface area contributed by atoms with Crippen molar-refractivity contribution in [3.8, 4) is 11.3 Å². The van der Waals surface area contributed by atoms with Gasteiger partial charge in [0.15, 0.2) is 5.13 Å². The number of thiazole rings is 1. The fraction of sp³-hybridized carbons (Fsp3) is 0.389. The first-order valence-corrected chi connectivity index (χ1v) is 9.42. The third-order valence-corrected chi connectivity index (χ3v) is 5.70. The molecule has 0 spiro atoms. The lowest BCUT2D eigenvalue weighted by atomic mass is 9.79. The lowest BCUT2D eigenvalue weighted by Gasteiger charge is -2.26. The molecule has 1 amide bonds. The number of benzene rings is 1. The molecule has 0 aliphatic heterocycles. The van der Waals surface area contributed by atoms with E-state index >= 15 is 0 Å². The van der Waals surface area contributed by atoms with Crippen LogP contribution >= 0.6 is 22.9 Å². The highest BCUT2D eigenvalue weighted by atomic mass is 35.5. The quantitative estimate of drug-likeness (QED) is 0.814. The predicted octanol–water partition coefficient (Wildman–Crippen LogP) is 4.60. The van der Waals surface area contributed by atoms with Gasteiger partial charge in [0.2, 0.25) is 5.91 Å². The third kappa shape index (κ3) is 4.02. The van der Waals surface area contributed by atoms with Gasteiger partial charge in [0.25, 0.3) is 0 Å². The van der Waals surface area contributed by atoms with Crippen molar-refractivity contribution in [3.63, 3.8) is 0 Å². The topological polar surface area (TPSA) is 79.3 Å². The van der Waals surface area contributed by atoms with Crippen molar-refractivity contribution in [1.29, 1.82) is 0 Å². The number of anilines is 1. The van der Waals surface area contributed by atoms with Crippen molar-refractivity contribution >= 4 is 39.9 Å². The first-order chi connectivity index (χ1) is 12.0. The maximum Gasteiger partial charge on any atom is 0.307 e. The Morgan fingerprint density at radius 2 is 1.84 bits per heavy atom. The second-order valence-corrected chi connectivity index (χ2v) is 7.90. The summed E-state index contributed by atoms with van der Waals surface area (Å²) in [4.78, 5) is 29.4. The molecule has 5 nitrogen and oxygen atoms in total. The predicted molar refractivity (Wildman–Crippen MR) is 99.0 cm³/mol. The van der Waals surface area contributed by atoms with Crippen LogP contribution in [0.1, 0.15) is 30.6 Å². The Labute approximate surface area is 155 Å². The summed E-state index contributed by atoms with van der Waals surface area (Å²) in [5.74, 6) is -2.24. The summed E-state index contributed by atoms with van der Waals surface area (Å²) in [5.41, 5.74) is 1.73. The van der Waals surface area contributed by atoms with Gasteiger partial charge in [-0.15, -0.1) is 11.3 Å². The van der Waals surface area contributed by atoms with E-state index in [0.29, 0.717) is 23.0 Å². The Kier molecular flexibility index (Phi) is 5.39. The molecule has 0 unspecified atom stereocenters. The fourth-order valence-corrected chi connectivity index (χ4v) is 4.23. The number of hydrogen-bond acceptors (Lipinski definition) is 4. The highest BCUT2D eigenvalue weighted by molar-refractivity contribution is 7.16. The molecule has 25 heavy (non-hydrogen) atoms. The summed E-state index contributed by atoms with van der Waals surface area (Å²) in [6.45, 7) is 1.94. The van der Waals surface area contributed by atoms with Crippen LogP contribution in [0, 0.1) is 18.8 Å². The molecule has 0 radical (unpaired) electrons. The molecule has 1 aromatic heterocycles. The monoisotopic (exact) mass is 378 g/mol. The molecule has 2 aromatic rings. The number of carbonyl (C=O) groups is 2. The van der Waals surface area contributed by atoms with Crippen molar-refractivity contribution in [1.82, 2.24) is 4.98 Å². The summed E-state index contributed by atoms with van der Waals surface area (Å²) >= 11 is 7.31. The Hall–Kier alpha value is -1.92. The SMILES string of the molecule is Cc1sc(NC(=O)[C@@H]2CCCC[C@@H]2C(=O)O)nc1-c1ccc(Cl)cc1. The average Bonchev–Trinajstić information content (AvgIpc) is 2.95. The van der Waals surface area contributed by atoms with E-state index in [4.69, 9.17) is 11.6 Å². The van der Waals surface area contributed by atoms with Crippen LogP contribution in [0.25, 0.3) is 11.3 Å². The van der Waals surface area contributed by atoms with E-state index in [-0.39, 0.29) is 5.91 Å². The normalized spacial score (nSPS) is 20.2. The zero-order valence-corrected chi connectivity index (χ0v) is 15.4.